The van der Waals surface area contributed by atoms with Crippen molar-refractivity contribution in [2.75, 3.05) is 0 Å². The maximum absolute atomic E-state index is 15.2. The Morgan fingerprint density at radius 3 is 1.32 bits per heavy atom. The number of hydrogen-bond acceptors (Lipinski definition) is 2. The molecule has 4 aliphatic rings. The zero-order chi connectivity index (χ0) is 22.2. The van der Waals surface area contributed by atoms with Crippen LogP contribution in [-0.4, -0.2) is 17.8 Å². The van der Waals surface area contributed by atoms with Crippen LogP contribution in [0.1, 0.15) is 25.0 Å². The van der Waals surface area contributed by atoms with Crippen molar-refractivity contribution in [3.8, 4) is 0 Å². The van der Waals surface area contributed by atoms with E-state index in [9.17, 15) is 8.78 Å². The molecule has 2 unspecified atom stereocenters. The van der Waals surface area contributed by atoms with Gasteiger partial charge < -0.3 is 0 Å². The van der Waals surface area contributed by atoms with E-state index in [2.05, 4.69) is 0 Å². The van der Waals surface area contributed by atoms with Gasteiger partial charge in [-0.25, -0.2) is 0 Å². The van der Waals surface area contributed by atoms with E-state index in [0.29, 0.717) is 20.9 Å². The lowest BCUT2D eigenvalue weighted by Gasteiger charge is -2.48. The number of thioether (sulfide) groups is 2. The second kappa shape index (κ2) is 5.39. The van der Waals surface area contributed by atoms with Crippen LogP contribution >= 0.6 is 23.5 Å². The van der Waals surface area contributed by atoms with Gasteiger partial charge in [0.25, 0.3) is 0 Å². The first-order valence-electron chi connectivity index (χ1n) is 9.61. The van der Waals surface area contributed by atoms with E-state index in [4.69, 9.17) is 0 Å². The normalized spacial score (nSPS) is 33.0. The van der Waals surface area contributed by atoms with Gasteiger partial charge in [0.15, 0.2) is 0 Å². The Hall–Kier alpha value is -1.80. The highest BCUT2D eigenvalue weighted by molar-refractivity contribution is 8.04. The van der Waals surface area contributed by atoms with Gasteiger partial charge in [-0.1, -0.05) is 59.9 Å². The summed E-state index contributed by atoms with van der Waals surface area (Å²) >= 11 is 1.82. The Bertz CT molecular complexity index is 1160. The van der Waals surface area contributed by atoms with Crippen LogP contribution in [0, 0.1) is 0 Å². The number of allylic oxidation sites excluding steroid dienone is 4. The summed E-state index contributed by atoms with van der Waals surface area (Å²) < 4.78 is 89.9. The summed E-state index contributed by atoms with van der Waals surface area (Å²) in [5.74, 6) is -15.5. The van der Waals surface area contributed by atoms with Crippen LogP contribution < -0.4 is 0 Å². The Balaban J connectivity index is 1.83. The topological polar surface area (TPSA) is 0 Å². The molecule has 6 rings (SSSR count). The Labute approximate surface area is 182 Å². The molecule has 8 heteroatoms. The average molecular weight is 468 g/mol. The van der Waals surface area contributed by atoms with E-state index in [1.54, 1.807) is 62.4 Å². The van der Waals surface area contributed by atoms with Crippen LogP contribution in [0.25, 0.3) is 0 Å². The van der Waals surface area contributed by atoms with Crippen molar-refractivity contribution in [1.29, 1.82) is 0 Å². The van der Waals surface area contributed by atoms with E-state index >= 15 is 17.6 Å². The number of rotatable bonds is 0. The molecule has 2 aromatic carbocycles. The molecule has 160 valence electrons. The number of alkyl halides is 6. The summed E-state index contributed by atoms with van der Waals surface area (Å²) in [5, 5.41) is 0. The lowest BCUT2D eigenvalue weighted by Crippen LogP contribution is -2.48. The smallest absolute Gasteiger partial charge is 0.194 e. The van der Waals surface area contributed by atoms with Crippen molar-refractivity contribution in [3.63, 3.8) is 0 Å². The predicted octanol–water partition coefficient (Wildman–Crippen LogP) is 7.55. The van der Waals surface area contributed by atoms with Crippen molar-refractivity contribution in [2.45, 2.75) is 52.2 Å². The van der Waals surface area contributed by atoms with E-state index in [-0.39, 0.29) is 9.81 Å². The Morgan fingerprint density at radius 2 is 0.935 bits per heavy atom. The van der Waals surface area contributed by atoms with Gasteiger partial charge in [0.05, 0.1) is 0 Å². The molecule has 0 spiro atoms. The molecule has 0 saturated heterocycles. The van der Waals surface area contributed by atoms with Crippen LogP contribution in [0.15, 0.2) is 79.3 Å². The van der Waals surface area contributed by atoms with E-state index in [0.717, 1.165) is 23.5 Å². The first-order chi connectivity index (χ1) is 14.4. The minimum atomic E-state index is -5.51. The van der Waals surface area contributed by atoms with Crippen molar-refractivity contribution in [1.82, 2.24) is 0 Å². The van der Waals surface area contributed by atoms with Crippen LogP contribution in [0.5, 0.6) is 0 Å². The summed E-state index contributed by atoms with van der Waals surface area (Å²) in [7, 11) is 0. The molecule has 1 saturated carbocycles. The fraction of sp³-hybridized carbons (Fsp3) is 0.304. The molecule has 1 fully saturated rings. The Morgan fingerprint density at radius 1 is 0.581 bits per heavy atom. The van der Waals surface area contributed by atoms with Crippen LogP contribution in [0.2, 0.25) is 0 Å². The van der Waals surface area contributed by atoms with Gasteiger partial charge in [0, 0.05) is 41.6 Å². The monoisotopic (exact) mass is 468 g/mol. The molecule has 0 N–H and O–H groups in total. The molecule has 2 aromatic rings. The first kappa shape index (κ1) is 19.9. The van der Waals surface area contributed by atoms with Crippen molar-refractivity contribution in [3.05, 3.63) is 80.6 Å². The average Bonchev–Trinajstić information content (AvgIpc) is 3.23. The predicted molar refractivity (Wildman–Crippen MR) is 108 cm³/mol. The van der Waals surface area contributed by atoms with Gasteiger partial charge >= 0.3 is 17.8 Å². The van der Waals surface area contributed by atoms with Gasteiger partial charge in [-0.3, -0.25) is 0 Å². The maximum Gasteiger partial charge on any atom is 0.380 e. The van der Waals surface area contributed by atoms with Crippen LogP contribution in [0.4, 0.5) is 26.3 Å². The van der Waals surface area contributed by atoms with Gasteiger partial charge in [-0.2, -0.15) is 26.3 Å². The highest BCUT2D eigenvalue weighted by atomic mass is 32.2. The molecule has 0 bridgehead atoms. The lowest BCUT2D eigenvalue weighted by molar-refractivity contribution is -0.258. The molecule has 0 nitrogen and oxygen atoms in total. The molecule has 0 aromatic heterocycles. The molecule has 2 aliphatic carbocycles. The standard InChI is InChI=1S/C23H14F6S2/c1-19-11-7-3-5-9-13(11)30-17(19)15-16(22(26,27)23(28,29)21(15,24)25)18-20(19,2)12-8-4-6-10-14(12)31-18/h3-10H,1-2H3. The van der Waals surface area contributed by atoms with Gasteiger partial charge in [0.1, 0.15) is 0 Å². The van der Waals surface area contributed by atoms with E-state index in [1.165, 1.54) is 0 Å². The molecule has 2 heterocycles. The summed E-state index contributed by atoms with van der Waals surface area (Å²) in [5.41, 5.74) is -3.40. The third-order valence-electron chi connectivity index (χ3n) is 7.30. The van der Waals surface area contributed by atoms with Crippen molar-refractivity contribution < 1.29 is 26.3 Å². The van der Waals surface area contributed by atoms with Crippen molar-refractivity contribution in [2.24, 2.45) is 0 Å². The summed E-state index contributed by atoms with van der Waals surface area (Å²) in [6, 6.07) is 14.0. The SMILES string of the molecule is CC12C(=C3C(=C4Sc5ccccc5C41C)C(F)(F)C(F)(F)C3(F)F)Sc1ccccc12. The summed E-state index contributed by atoms with van der Waals surface area (Å²) in [6.45, 7) is 3.44. The molecule has 2 aliphatic heterocycles. The largest absolute Gasteiger partial charge is 0.380 e. The van der Waals surface area contributed by atoms with Crippen molar-refractivity contribution >= 4 is 23.5 Å². The number of hydrogen-bond donors (Lipinski definition) is 0. The third-order valence-corrected chi connectivity index (χ3v) is 10.1. The fourth-order valence-electron chi connectivity index (χ4n) is 5.54. The number of benzene rings is 2. The molecular formula is C23H14F6S2. The number of halogens is 6. The molecule has 0 radical (unpaired) electrons. The second-order valence-electron chi connectivity index (χ2n) is 8.58. The molecular weight excluding hydrogens is 454 g/mol. The van der Waals surface area contributed by atoms with Crippen LogP contribution in [-0.2, 0) is 10.8 Å². The minimum Gasteiger partial charge on any atom is -0.194 e. The zero-order valence-electron chi connectivity index (χ0n) is 16.2. The van der Waals surface area contributed by atoms with Crippen LogP contribution in [0.3, 0.4) is 0 Å². The molecule has 31 heavy (non-hydrogen) atoms. The fourth-order valence-corrected chi connectivity index (χ4v) is 8.74. The van der Waals surface area contributed by atoms with Gasteiger partial charge in [-0.05, 0) is 37.1 Å². The molecule has 0 amide bonds. The van der Waals surface area contributed by atoms with Gasteiger partial charge in [0.2, 0.25) is 0 Å². The summed E-state index contributed by atoms with van der Waals surface area (Å²) in [4.78, 5) is 1.04. The molecule has 2 atom stereocenters. The third kappa shape index (κ3) is 1.82. The second-order valence-corrected chi connectivity index (χ2v) is 10.7. The van der Waals surface area contributed by atoms with Gasteiger partial charge in [-0.15, -0.1) is 0 Å². The van der Waals surface area contributed by atoms with E-state index in [1.807, 2.05) is 0 Å². The minimum absolute atomic E-state index is 0.103. The highest BCUT2D eigenvalue weighted by Crippen LogP contribution is 2.77. The first-order valence-corrected chi connectivity index (χ1v) is 11.2. The number of fused-ring (bicyclic) bond motifs is 8. The highest BCUT2D eigenvalue weighted by Gasteiger charge is 2.85. The summed E-state index contributed by atoms with van der Waals surface area (Å²) in [6.07, 6.45) is 0. The Kier molecular flexibility index (Phi) is 3.45. The van der Waals surface area contributed by atoms with E-state index < -0.39 is 39.7 Å². The zero-order valence-corrected chi connectivity index (χ0v) is 17.8. The quantitative estimate of drug-likeness (QED) is 0.366. The lowest BCUT2D eigenvalue weighted by atomic mass is 9.55. The maximum atomic E-state index is 15.2.